The van der Waals surface area contributed by atoms with Crippen molar-refractivity contribution in [2.75, 3.05) is 5.32 Å². The molecular formula is C24H17F2N3O2. The third-order valence-corrected chi connectivity index (χ3v) is 5.08. The first-order valence-corrected chi connectivity index (χ1v) is 9.68. The molecule has 0 unspecified atom stereocenters. The first-order valence-electron chi connectivity index (χ1n) is 9.68. The maximum atomic E-state index is 13.8. The van der Waals surface area contributed by atoms with Gasteiger partial charge in [0.1, 0.15) is 22.8 Å². The molecule has 0 aliphatic heterocycles. The van der Waals surface area contributed by atoms with Gasteiger partial charge in [0, 0.05) is 30.1 Å². The van der Waals surface area contributed by atoms with Gasteiger partial charge in [-0.1, -0.05) is 12.1 Å². The van der Waals surface area contributed by atoms with Gasteiger partial charge in [-0.25, -0.2) is 13.8 Å². The molecule has 7 heteroatoms. The molecule has 0 bridgehead atoms. The lowest BCUT2D eigenvalue weighted by atomic mass is 10.2. The zero-order chi connectivity index (χ0) is 21.5. The summed E-state index contributed by atoms with van der Waals surface area (Å²) >= 11 is 0. The molecule has 0 atom stereocenters. The average molecular weight is 417 g/mol. The van der Waals surface area contributed by atoms with Crippen molar-refractivity contribution in [3.63, 3.8) is 0 Å². The smallest absolute Gasteiger partial charge is 0.272 e. The second kappa shape index (κ2) is 7.36. The fourth-order valence-corrected chi connectivity index (χ4v) is 3.73. The summed E-state index contributed by atoms with van der Waals surface area (Å²) in [5, 5.41) is 3.45. The minimum absolute atomic E-state index is 0.261. The number of rotatable bonds is 4. The molecule has 0 aliphatic rings. The minimum Gasteiger partial charge on any atom is -0.441 e. The van der Waals surface area contributed by atoms with Crippen molar-refractivity contribution >= 4 is 33.6 Å². The van der Waals surface area contributed by atoms with Gasteiger partial charge >= 0.3 is 0 Å². The Kier molecular flexibility index (Phi) is 4.51. The maximum Gasteiger partial charge on any atom is 0.272 e. The van der Waals surface area contributed by atoms with Crippen molar-refractivity contribution in [2.24, 2.45) is 0 Å². The first-order chi connectivity index (χ1) is 15.0. The summed E-state index contributed by atoms with van der Waals surface area (Å²) in [5.74, 6) is -0.584. The standard InChI is InChI=1S/C24H17F2N3O2/c1-14-27-20-12-19(6-8-23(20)31-14)28-24(30)22-11-16-10-18(26)5-7-21(16)29(22)13-15-3-2-4-17(25)9-15/h2-12H,13H2,1H3,(H,28,30). The van der Waals surface area contributed by atoms with Crippen LogP contribution in [0.1, 0.15) is 21.9 Å². The Morgan fingerprint density at radius 2 is 1.87 bits per heavy atom. The van der Waals surface area contributed by atoms with Crippen LogP contribution in [-0.2, 0) is 6.54 Å². The van der Waals surface area contributed by atoms with E-state index in [1.807, 2.05) is 0 Å². The van der Waals surface area contributed by atoms with Gasteiger partial charge in [0.05, 0.1) is 0 Å². The second-order valence-electron chi connectivity index (χ2n) is 7.32. The van der Waals surface area contributed by atoms with Gasteiger partial charge in [-0.15, -0.1) is 0 Å². The van der Waals surface area contributed by atoms with Crippen molar-refractivity contribution in [2.45, 2.75) is 13.5 Å². The zero-order valence-corrected chi connectivity index (χ0v) is 16.5. The highest BCUT2D eigenvalue weighted by molar-refractivity contribution is 6.07. The number of hydrogen-bond donors (Lipinski definition) is 1. The Labute approximate surface area is 175 Å². The van der Waals surface area contributed by atoms with Crippen molar-refractivity contribution < 1.29 is 18.0 Å². The van der Waals surface area contributed by atoms with Gasteiger partial charge in [-0.2, -0.15) is 0 Å². The number of aromatic nitrogens is 2. The van der Waals surface area contributed by atoms with Crippen LogP contribution in [0, 0.1) is 18.6 Å². The van der Waals surface area contributed by atoms with E-state index in [4.69, 9.17) is 4.42 Å². The summed E-state index contributed by atoms with van der Waals surface area (Å²) in [6.45, 7) is 2.01. The minimum atomic E-state index is -0.394. The molecule has 31 heavy (non-hydrogen) atoms. The molecule has 0 fully saturated rings. The molecule has 0 aliphatic carbocycles. The molecule has 0 saturated heterocycles. The lowest BCUT2D eigenvalue weighted by Crippen LogP contribution is -2.17. The van der Waals surface area contributed by atoms with Crippen LogP contribution < -0.4 is 5.32 Å². The maximum absolute atomic E-state index is 13.8. The van der Waals surface area contributed by atoms with Crippen LogP contribution in [0.2, 0.25) is 0 Å². The van der Waals surface area contributed by atoms with Gasteiger partial charge in [0.25, 0.3) is 5.91 Å². The average Bonchev–Trinajstić information content (AvgIpc) is 3.27. The fourth-order valence-electron chi connectivity index (χ4n) is 3.73. The molecule has 3 aromatic carbocycles. The number of nitrogens with one attached hydrogen (secondary N) is 1. The van der Waals surface area contributed by atoms with E-state index in [0.29, 0.717) is 44.8 Å². The van der Waals surface area contributed by atoms with E-state index in [1.54, 1.807) is 54.0 Å². The van der Waals surface area contributed by atoms with Gasteiger partial charge < -0.3 is 14.3 Å². The number of aryl methyl sites for hydroxylation is 1. The third kappa shape index (κ3) is 3.66. The van der Waals surface area contributed by atoms with E-state index in [9.17, 15) is 13.6 Å². The predicted molar refractivity (Wildman–Crippen MR) is 114 cm³/mol. The highest BCUT2D eigenvalue weighted by atomic mass is 19.1. The quantitative estimate of drug-likeness (QED) is 0.410. The van der Waals surface area contributed by atoms with E-state index >= 15 is 0 Å². The van der Waals surface area contributed by atoms with Crippen molar-refractivity contribution in [3.05, 3.63) is 95.5 Å². The molecular weight excluding hydrogens is 400 g/mol. The summed E-state index contributed by atoms with van der Waals surface area (Å²) in [5.41, 5.74) is 3.53. The monoisotopic (exact) mass is 417 g/mol. The largest absolute Gasteiger partial charge is 0.441 e. The highest BCUT2D eigenvalue weighted by Crippen LogP contribution is 2.25. The molecule has 5 nitrogen and oxygen atoms in total. The predicted octanol–water partition coefficient (Wildman–Crippen LogP) is 5.67. The zero-order valence-electron chi connectivity index (χ0n) is 16.5. The summed E-state index contributed by atoms with van der Waals surface area (Å²) in [6, 6.07) is 17.3. The van der Waals surface area contributed by atoms with Gasteiger partial charge in [0.2, 0.25) is 0 Å². The van der Waals surface area contributed by atoms with Crippen LogP contribution in [0.5, 0.6) is 0 Å². The molecule has 0 saturated carbocycles. The molecule has 5 rings (SSSR count). The molecule has 2 aromatic heterocycles. The summed E-state index contributed by atoms with van der Waals surface area (Å²) in [4.78, 5) is 17.4. The van der Waals surface area contributed by atoms with Crippen LogP contribution in [0.15, 0.2) is 71.1 Å². The van der Waals surface area contributed by atoms with E-state index in [2.05, 4.69) is 10.3 Å². The summed E-state index contributed by atoms with van der Waals surface area (Å²) in [7, 11) is 0. The molecule has 0 radical (unpaired) electrons. The number of hydrogen-bond acceptors (Lipinski definition) is 3. The SMILES string of the molecule is Cc1nc2cc(NC(=O)c3cc4cc(F)ccc4n3Cc3cccc(F)c3)ccc2o1. The number of fused-ring (bicyclic) bond motifs is 2. The van der Waals surface area contributed by atoms with Crippen LogP contribution in [-0.4, -0.2) is 15.5 Å². The number of carbonyl (C=O) groups is 1. The van der Waals surface area contributed by atoms with E-state index < -0.39 is 5.82 Å². The van der Waals surface area contributed by atoms with Crippen LogP contribution in [0.25, 0.3) is 22.0 Å². The Morgan fingerprint density at radius 1 is 1.03 bits per heavy atom. The van der Waals surface area contributed by atoms with Crippen LogP contribution in [0.3, 0.4) is 0 Å². The molecule has 154 valence electrons. The number of oxazole rings is 1. The number of amides is 1. The Morgan fingerprint density at radius 3 is 2.71 bits per heavy atom. The van der Waals surface area contributed by atoms with E-state index in [1.165, 1.54) is 24.3 Å². The topological polar surface area (TPSA) is 60.1 Å². The van der Waals surface area contributed by atoms with Gasteiger partial charge in [-0.05, 0) is 60.2 Å². The van der Waals surface area contributed by atoms with Gasteiger partial charge in [0.15, 0.2) is 11.5 Å². The van der Waals surface area contributed by atoms with E-state index in [-0.39, 0.29) is 18.3 Å². The highest BCUT2D eigenvalue weighted by Gasteiger charge is 2.17. The van der Waals surface area contributed by atoms with Crippen LogP contribution in [0.4, 0.5) is 14.5 Å². The Hall–Kier alpha value is -4.00. The Bertz CT molecular complexity index is 1450. The molecule has 5 aromatic rings. The molecule has 2 heterocycles. The van der Waals surface area contributed by atoms with Gasteiger partial charge in [-0.3, -0.25) is 4.79 Å². The summed E-state index contributed by atoms with van der Waals surface area (Å²) in [6.07, 6.45) is 0. The number of nitrogens with zero attached hydrogens (tertiary/aromatic N) is 2. The number of anilines is 1. The second-order valence-corrected chi connectivity index (χ2v) is 7.32. The number of benzene rings is 3. The Balaban J connectivity index is 1.54. The summed E-state index contributed by atoms with van der Waals surface area (Å²) < 4.78 is 34.7. The lowest BCUT2D eigenvalue weighted by Gasteiger charge is -2.12. The fraction of sp³-hybridized carbons (Fsp3) is 0.0833. The van der Waals surface area contributed by atoms with E-state index in [0.717, 1.165) is 0 Å². The normalized spacial score (nSPS) is 11.3. The molecule has 0 spiro atoms. The van der Waals surface area contributed by atoms with Crippen molar-refractivity contribution in [3.8, 4) is 0 Å². The first kappa shape index (κ1) is 19.0. The molecule has 1 N–H and O–H groups in total. The number of carbonyl (C=O) groups excluding carboxylic acids is 1. The number of halogens is 2. The van der Waals surface area contributed by atoms with Crippen LogP contribution >= 0.6 is 0 Å². The molecule has 1 amide bonds. The third-order valence-electron chi connectivity index (χ3n) is 5.08. The lowest BCUT2D eigenvalue weighted by molar-refractivity contribution is 0.101. The van der Waals surface area contributed by atoms with Crippen molar-refractivity contribution in [1.29, 1.82) is 0 Å². The van der Waals surface area contributed by atoms with Crippen molar-refractivity contribution in [1.82, 2.24) is 9.55 Å².